The first-order chi connectivity index (χ1) is 16.0. The molecule has 33 heavy (non-hydrogen) atoms. The summed E-state index contributed by atoms with van der Waals surface area (Å²) in [6.45, 7) is 0.799. The number of anilines is 3. The van der Waals surface area contributed by atoms with Crippen molar-refractivity contribution in [2.24, 2.45) is 16.6 Å². The van der Waals surface area contributed by atoms with Gasteiger partial charge in [0.25, 0.3) is 5.91 Å². The number of pyridine rings is 2. The van der Waals surface area contributed by atoms with Crippen molar-refractivity contribution < 1.29 is 4.79 Å². The number of nitrogens with one attached hydrogen (secondary N) is 2. The number of rotatable bonds is 9. The molecule has 10 heteroatoms. The maximum atomic E-state index is 12.3. The number of aliphatic imine (C=N–C) groups is 1. The highest BCUT2D eigenvalue weighted by molar-refractivity contribution is 5.94. The Balaban J connectivity index is 1.56. The average Bonchev–Trinajstić information content (AvgIpc) is 2.84. The Hall–Kier alpha value is -4.44. The zero-order chi connectivity index (χ0) is 23.6. The summed E-state index contributed by atoms with van der Waals surface area (Å²) >= 11 is 0. The highest BCUT2D eigenvalue weighted by Gasteiger charge is 2.09. The number of nitrogens with zero attached hydrogens (tertiary/aromatic N) is 3. The largest absolute Gasteiger partial charge is 0.404 e. The molecular weight excluding hydrogens is 418 g/mol. The van der Waals surface area contributed by atoms with E-state index in [2.05, 4.69) is 25.7 Å². The number of carbonyl (C=O) groups is 1. The molecule has 0 atom stereocenters. The van der Waals surface area contributed by atoms with Gasteiger partial charge in [-0.05, 0) is 53.2 Å². The number of amides is 1. The van der Waals surface area contributed by atoms with Gasteiger partial charge in [0, 0.05) is 24.4 Å². The summed E-state index contributed by atoms with van der Waals surface area (Å²) in [7, 11) is 0. The van der Waals surface area contributed by atoms with E-state index in [0.717, 1.165) is 22.4 Å². The fraction of sp³-hybridized carbons (Fsp3) is 0.130. The van der Waals surface area contributed by atoms with Crippen LogP contribution in [0.1, 0.15) is 27.2 Å². The van der Waals surface area contributed by atoms with Crippen LogP contribution in [0, 0.1) is 0 Å². The minimum absolute atomic E-state index is 0.162. The van der Waals surface area contributed by atoms with Crippen molar-refractivity contribution in [2.75, 3.05) is 16.9 Å². The summed E-state index contributed by atoms with van der Waals surface area (Å²) in [4.78, 5) is 25.0. The average molecular weight is 446 g/mol. The molecule has 3 aromatic rings. The molecule has 2 heterocycles. The van der Waals surface area contributed by atoms with Gasteiger partial charge in [0.15, 0.2) is 5.82 Å². The Bertz CT molecular complexity index is 1140. The van der Waals surface area contributed by atoms with Crippen LogP contribution in [0.3, 0.4) is 0 Å². The van der Waals surface area contributed by atoms with E-state index >= 15 is 0 Å². The first-order valence-corrected chi connectivity index (χ1v) is 10.2. The lowest BCUT2D eigenvalue weighted by Gasteiger charge is -2.11. The Morgan fingerprint density at radius 1 is 1.12 bits per heavy atom. The molecule has 0 aliphatic rings. The van der Waals surface area contributed by atoms with Crippen LogP contribution >= 0.6 is 0 Å². The third kappa shape index (κ3) is 6.52. The van der Waals surface area contributed by atoms with Gasteiger partial charge >= 0.3 is 0 Å². The summed E-state index contributed by atoms with van der Waals surface area (Å²) < 4.78 is 0. The van der Waals surface area contributed by atoms with Crippen molar-refractivity contribution in [1.29, 1.82) is 0 Å². The Kier molecular flexibility index (Phi) is 7.92. The standard InChI is InChI=1S/C23H27N9O/c24-11-16(9-18-10-20(25)31-22(32-27)21(18)26)13-28-12-15-4-6-17(7-5-15)23(33)30-14-19-3-1-2-8-29-19/h1-8,10-11,13H,9,12,14,24,26-27H2,(H,30,33)(H3,25,31,32). The highest BCUT2D eigenvalue weighted by atomic mass is 16.1. The molecule has 0 fully saturated rings. The molecule has 0 bridgehead atoms. The van der Waals surface area contributed by atoms with E-state index in [1.165, 1.54) is 6.20 Å². The maximum absolute atomic E-state index is 12.3. The Labute approximate surface area is 191 Å². The van der Waals surface area contributed by atoms with E-state index in [1.54, 1.807) is 30.6 Å². The van der Waals surface area contributed by atoms with E-state index in [0.29, 0.717) is 42.4 Å². The second-order valence-electron chi connectivity index (χ2n) is 7.20. The predicted molar refractivity (Wildman–Crippen MR) is 131 cm³/mol. The van der Waals surface area contributed by atoms with Crippen LogP contribution < -0.4 is 33.8 Å². The second kappa shape index (κ2) is 11.3. The summed E-state index contributed by atoms with van der Waals surface area (Å²) in [5.74, 6) is 5.87. The first-order valence-electron chi connectivity index (χ1n) is 10.2. The van der Waals surface area contributed by atoms with Gasteiger partial charge < -0.3 is 27.9 Å². The summed E-state index contributed by atoms with van der Waals surface area (Å²) in [5, 5.41) is 2.85. The number of carbonyl (C=O) groups excluding carboxylic acids is 1. The van der Waals surface area contributed by atoms with Gasteiger partial charge in [-0.25, -0.2) is 10.8 Å². The molecular formula is C23H27N9O. The lowest BCUT2D eigenvalue weighted by atomic mass is 10.1. The van der Waals surface area contributed by atoms with Gasteiger partial charge in [-0.3, -0.25) is 14.8 Å². The van der Waals surface area contributed by atoms with E-state index in [1.807, 2.05) is 30.3 Å². The van der Waals surface area contributed by atoms with Gasteiger partial charge in [0.05, 0.1) is 24.5 Å². The minimum atomic E-state index is -0.162. The fourth-order valence-electron chi connectivity index (χ4n) is 3.06. The van der Waals surface area contributed by atoms with Crippen LogP contribution in [0.15, 0.2) is 71.5 Å². The third-order valence-corrected chi connectivity index (χ3v) is 4.81. The molecule has 0 aliphatic carbocycles. The normalized spacial score (nSPS) is 11.5. The van der Waals surface area contributed by atoms with Crippen molar-refractivity contribution in [2.45, 2.75) is 19.5 Å². The fourth-order valence-corrected chi connectivity index (χ4v) is 3.06. The molecule has 0 saturated heterocycles. The van der Waals surface area contributed by atoms with Crippen LogP contribution in [-0.2, 0) is 19.5 Å². The molecule has 1 aromatic carbocycles. The number of hydrogen-bond acceptors (Lipinski definition) is 9. The zero-order valence-corrected chi connectivity index (χ0v) is 18.0. The van der Waals surface area contributed by atoms with Crippen LogP contribution in [0.25, 0.3) is 0 Å². The number of allylic oxidation sites excluding steroid dienone is 1. The number of hydrazine groups is 1. The number of nitrogen functional groups attached to an aromatic ring is 3. The van der Waals surface area contributed by atoms with E-state index in [4.69, 9.17) is 23.0 Å². The van der Waals surface area contributed by atoms with Crippen molar-refractivity contribution in [3.8, 4) is 0 Å². The molecule has 3 rings (SSSR count). The van der Waals surface area contributed by atoms with Crippen LogP contribution in [0.5, 0.6) is 0 Å². The maximum Gasteiger partial charge on any atom is 0.251 e. The van der Waals surface area contributed by atoms with Gasteiger partial charge in [-0.1, -0.05) is 18.2 Å². The summed E-state index contributed by atoms with van der Waals surface area (Å²) in [6, 6.07) is 14.5. The van der Waals surface area contributed by atoms with Crippen molar-refractivity contribution in [3.05, 3.63) is 88.9 Å². The number of aromatic nitrogens is 2. The number of nitrogens with two attached hydrogens (primary N) is 4. The zero-order valence-electron chi connectivity index (χ0n) is 18.0. The Morgan fingerprint density at radius 2 is 1.91 bits per heavy atom. The van der Waals surface area contributed by atoms with Crippen LogP contribution in [0.4, 0.5) is 17.3 Å². The second-order valence-corrected chi connectivity index (χ2v) is 7.20. The summed E-state index contributed by atoms with van der Waals surface area (Å²) in [5.41, 5.74) is 24.3. The number of hydrogen-bond donors (Lipinski definition) is 6. The topological polar surface area (TPSA) is 183 Å². The Morgan fingerprint density at radius 3 is 2.58 bits per heavy atom. The van der Waals surface area contributed by atoms with Crippen molar-refractivity contribution in [1.82, 2.24) is 15.3 Å². The van der Waals surface area contributed by atoms with Crippen LogP contribution in [-0.4, -0.2) is 22.1 Å². The lowest BCUT2D eigenvalue weighted by Crippen LogP contribution is -2.23. The summed E-state index contributed by atoms with van der Waals surface area (Å²) in [6.07, 6.45) is 5.25. The molecule has 1 amide bonds. The van der Waals surface area contributed by atoms with E-state index in [-0.39, 0.29) is 5.91 Å². The SMILES string of the molecule is NC=C(C=NCc1ccc(C(=O)NCc2ccccn2)cc1)Cc1cc(N)nc(NN)c1N. The molecule has 0 saturated carbocycles. The minimum Gasteiger partial charge on any atom is -0.404 e. The van der Waals surface area contributed by atoms with Crippen LogP contribution in [0.2, 0.25) is 0 Å². The molecule has 2 aromatic heterocycles. The molecule has 170 valence electrons. The molecule has 0 spiro atoms. The molecule has 10 nitrogen and oxygen atoms in total. The van der Waals surface area contributed by atoms with Gasteiger partial charge in [-0.15, -0.1) is 0 Å². The van der Waals surface area contributed by atoms with Gasteiger partial charge in [-0.2, -0.15) is 0 Å². The molecule has 0 unspecified atom stereocenters. The molecule has 0 radical (unpaired) electrons. The quantitative estimate of drug-likeness (QED) is 0.163. The van der Waals surface area contributed by atoms with E-state index < -0.39 is 0 Å². The van der Waals surface area contributed by atoms with Gasteiger partial charge in [0.1, 0.15) is 5.82 Å². The lowest BCUT2D eigenvalue weighted by molar-refractivity contribution is 0.0950. The van der Waals surface area contributed by atoms with Crippen molar-refractivity contribution >= 4 is 29.4 Å². The monoisotopic (exact) mass is 445 g/mol. The smallest absolute Gasteiger partial charge is 0.251 e. The molecule has 0 aliphatic heterocycles. The van der Waals surface area contributed by atoms with Gasteiger partial charge in [0.2, 0.25) is 0 Å². The van der Waals surface area contributed by atoms with Crippen molar-refractivity contribution in [3.63, 3.8) is 0 Å². The van der Waals surface area contributed by atoms with E-state index in [9.17, 15) is 4.79 Å². The third-order valence-electron chi connectivity index (χ3n) is 4.81. The highest BCUT2D eigenvalue weighted by Crippen LogP contribution is 2.24. The number of benzene rings is 1. The first kappa shape index (κ1) is 23.2. The molecule has 10 N–H and O–H groups in total. The predicted octanol–water partition coefficient (Wildman–Crippen LogP) is 1.51.